The average Bonchev–Trinajstić information content (AvgIpc) is 3.08. The molecule has 0 amide bonds. The first-order valence-corrected chi connectivity index (χ1v) is 13.6. The van der Waals surface area contributed by atoms with Crippen LogP contribution in [0.1, 0.15) is 27.0 Å². The summed E-state index contributed by atoms with van der Waals surface area (Å²) in [6.07, 6.45) is 1.42. The summed E-state index contributed by atoms with van der Waals surface area (Å²) in [7, 11) is -7.84. The Kier molecular flexibility index (Phi) is 6.55. The molecule has 35 heavy (non-hydrogen) atoms. The van der Waals surface area contributed by atoms with Gasteiger partial charge in [-0.05, 0) is 42.7 Å². The van der Waals surface area contributed by atoms with Crippen molar-refractivity contribution in [3.63, 3.8) is 0 Å². The van der Waals surface area contributed by atoms with Crippen LogP contribution in [-0.2, 0) is 26.7 Å². The van der Waals surface area contributed by atoms with Gasteiger partial charge < -0.3 is 5.11 Å². The van der Waals surface area contributed by atoms with Crippen molar-refractivity contribution in [1.29, 1.82) is 0 Å². The molecule has 4 rings (SSSR count). The molecule has 0 aromatic heterocycles. The lowest BCUT2D eigenvalue weighted by molar-refractivity contribution is 0.102. The van der Waals surface area contributed by atoms with Crippen molar-refractivity contribution >= 4 is 37.4 Å². The minimum atomic E-state index is -3.96. The summed E-state index contributed by atoms with van der Waals surface area (Å²) in [6.45, 7) is 1.88. The SMILES string of the molecule is Cc1ccc(NS(=O)(=O)CC(=O)c2ccccc2)c(Cc2ccc(N3C=C(O)NS3(=O)=O)cc2)c1. The Balaban J connectivity index is 1.53. The Morgan fingerprint density at radius 2 is 1.71 bits per heavy atom. The van der Waals surface area contributed by atoms with Crippen LogP contribution in [0.15, 0.2) is 84.9 Å². The second-order valence-electron chi connectivity index (χ2n) is 8.07. The standard InChI is InChI=1S/C24H23N3O6S2/c1-17-7-12-22(25-34(30,31)16-23(28)19-5-3-2-4-6-19)20(13-17)14-18-8-10-21(11-9-18)27-15-24(29)26-35(27,32)33/h2-13,15,25-26,29H,14,16H2,1H3. The minimum absolute atomic E-state index is 0.320. The van der Waals surface area contributed by atoms with Gasteiger partial charge in [-0.3, -0.25) is 9.52 Å². The second-order valence-corrected chi connectivity index (χ2v) is 11.3. The first kappa shape index (κ1) is 24.3. The van der Waals surface area contributed by atoms with E-state index in [1.165, 1.54) is 0 Å². The molecular weight excluding hydrogens is 490 g/mol. The summed E-state index contributed by atoms with van der Waals surface area (Å²) in [5.74, 6) is -1.66. The topological polar surface area (TPSA) is 133 Å². The molecule has 0 bridgehead atoms. The van der Waals surface area contributed by atoms with Crippen LogP contribution >= 0.6 is 0 Å². The molecule has 3 aromatic rings. The van der Waals surface area contributed by atoms with Gasteiger partial charge in [-0.25, -0.2) is 17.4 Å². The van der Waals surface area contributed by atoms with Gasteiger partial charge in [-0.15, -0.1) is 0 Å². The van der Waals surface area contributed by atoms with E-state index in [1.807, 2.05) is 17.7 Å². The van der Waals surface area contributed by atoms with Crippen molar-refractivity contribution < 1.29 is 26.7 Å². The third-order valence-corrected chi connectivity index (χ3v) is 7.73. The molecule has 1 aliphatic rings. The molecule has 1 aliphatic heterocycles. The summed E-state index contributed by atoms with van der Waals surface area (Å²) in [6, 6.07) is 20.1. The minimum Gasteiger partial charge on any atom is -0.493 e. The number of Topliss-reactive ketones (excluding diaryl/α,β-unsaturated/α-hetero) is 1. The van der Waals surface area contributed by atoms with Crippen LogP contribution in [0.5, 0.6) is 0 Å². The zero-order valence-corrected chi connectivity index (χ0v) is 20.3. The number of benzene rings is 3. The fourth-order valence-corrected chi connectivity index (χ4v) is 5.81. The number of nitrogens with zero attached hydrogens (tertiary/aromatic N) is 1. The van der Waals surface area contributed by atoms with E-state index in [0.29, 0.717) is 28.9 Å². The van der Waals surface area contributed by atoms with Crippen molar-refractivity contribution in [2.45, 2.75) is 13.3 Å². The highest BCUT2D eigenvalue weighted by atomic mass is 32.2. The van der Waals surface area contributed by atoms with E-state index < -0.39 is 37.7 Å². The fraction of sp³-hybridized carbons (Fsp3) is 0.125. The third kappa shape index (κ3) is 5.81. The number of nitrogens with one attached hydrogen (secondary N) is 2. The Bertz CT molecular complexity index is 1500. The van der Waals surface area contributed by atoms with Crippen LogP contribution in [0.3, 0.4) is 0 Å². The number of aliphatic hydroxyl groups is 1. The highest BCUT2D eigenvalue weighted by molar-refractivity contribution is 7.93. The molecule has 0 spiro atoms. The van der Waals surface area contributed by atoms with Crippen molar-refractivity contribution in [2.75, 3.05) is 14.8 Å². The van der Waals surface area contributed by atoms with Gasteiger partial charge >= 0.3 is 10.2 Å². The molecular formula is C24H23N3O6S2. The van der Waals surface area contributed by atoms with Crippen LogP contribution in [-0.4, -0.2) is 33.5 Å². The third-order valence-electron chi connectivity index (χ3n) is 5.26. The maximum Gasteiger partial charge on any atom is 0.330 e. The van der Waals surface area contributed by atoms with Crippen LogP contribution in [0.25, 0.3) is 0 Å². The zero-order valence-electron chi connectivity index (χ0n) is 18.7. The van der Waals surface area contributed by atoms with Crippen LogP contribution in [0.4, 0.5) is 11.4 Å². The van der Waals surface area contributed by atoms with Gasteiger partial charge in [-0.1, -0.05) is 60.2 Å². The number of aliphatic hydroxyl groups excluding tert-OH is 1. The van der Waals surface area contributed by atoms with Gasteiger partial charge in [0.1, 0.15) is 5.75 Å². The van der Waals surface area contributed by atoms with E-state index in [9.17, 15) is 26.7 Å². The molecule has 182 valence electrons. The average molecular weight is 514 g/mol. The number of hydrogen-bond acceptors (Lipinski definition) is 6. The number of carbonyl (C=O) groups is 1. The molecule has 9 nitrogen and oxygen atoms in total. The smallest absolute Gasteiger partial charge is 0.330 e. The van der Waals surface area contributed by atoms with E-state index in [1.54, 1.807) is 66.7 Å². The number of ketones is 1. The predicted molar refractivity (Wildman–Crippen MR) is 134 cm³/mol. The van der Waals surface area contributed by atoms with Gasteiger partial charge in [0.2, 0.25) is 15.9 Å². The number of rotatable bonds is 8. The molecule has 0 atom stereocenters. The Labute approximate surface area is 204 Å². The molecule has 0 unspecified atom stereocenters. The zero-order chi connectivity index (χ0) is 25.2. The van der Waals surface area contributed by atoms with Gasteiger partial charge in [0, 0.05) is 5.56 Å². The van der Waals surface area contributed by atoms with Crippen LogP contribution < -0.4 is 13.7 Å². The normalized spacial score (nSPS) is 14.8. The van der Waals surface area contributed by atoms with Crippen molar-refractivity contribution in [3.8, 4) is 0 Å². The summed E-state index contributed by atoms with van der Waals surface area (Å²) in [5, 5.41) is 9.47. The molecule has 3 aromatic carbocycles. The number of hydrogen-bond donors (Lipinski definition) is 3. The molecule has 0 fully saturated rings. The fourth-order valence-electron chi connectivity index (χ4n) is 3.63. The molecule has 0 saturated heterocycles. The Hall–Kier alpha value is -3.83. The van der Waals surface area contributed by atoms with Gasteiger partial charge in [0.15, 0.2) is 5.78 Å². The molecule has 11 heteroatoms. The largest absolute Gasteiger partial charge is 0.493 e. The first-order valence-electron chi connectivity index (χ1n) is 10.5. The monoisotopic (exact) mass is 513 g/mol. The molecule has 0 saturated carbocycles. The van der Waals surface area contributed by atoms with Gasteiger partial charge in [0.25, 0.3) is 0 Å². The lowest BCUT2D eigenvalue weighted by Crippen LogP contribution is -2.29. The van der Waals surface area contributed by atoms with E-state index in [4.69, 9.17) is 0 Å². The number of carbonyl (C=O) groups excluding carboxylic acids is 1. The molecule has 0 aliphatic carbocycles. The van der Waals surface area contributed by atoms with E-state index >= 15 is 0 Å². The van der Waals surface area contributed by atoms with Crippen LogP contribution in [0, 0.1) is 6.92 Å². The van der Waals surface area contributed by atoms with Crippen molar-refractivity contribution in [3.05, 3.63) is 107 Å². The Morgan fingerprint density at radius 1 is 1.03 bits per heavy atom. The number of aryl methyl sites for hydroxylation is 1. The lowest BCUT2D eigenvalue weighted by atomic mass is 10.0. The highest BCUT2D eigenvalue weighted by Gasteiger charge is 2.28. The second kappa shape index (κ2) is 9.43. The summed E-state index contributed by atoms with van der Waals surface area (Å²) >= 11 is 0. The maximum atomic E-state index is 12.7. The first-order chi connectivity index (χ1) is 16.5. The lowest BCUT2D eigenvalue weighted by Gasteiger charge is -2.16. The highest BCUT2D eigenvalue weighted by Crippen LogP contribution is 2.26. The van der Waals surface area contributed by atoms with E-state index in [2.05, 4.69) is 4.72 Å². The number of sulfonamides is 1. The van der Waals surface area contributed by atoms with Crippen molar-refractivity contribution in [2.24, 2.45) is 0 Å². The van der Waals surface area contributed by atoms with Gasteiger partial charge in [-0.2, -0.15) is 8.42 Å². The summed E-state index contributed by atoms with van der Waals surface area (Å²) in [5.41, 5.74) is 3.43. The quantitative estimate of drug-likeness (QED) is 0.396. The van der Waals surface area contributed by atoms with Crippen molar-refractivity contribution in [1.82, 2.24) is 4.72 Å². The summed E-state index contributed by atoms with van der Waals surface area (Å²) in [4.78, 5) is 12.4. The molecule has 3 N–H and O–H groups in total. The van der Waals surface area contributed by atoms with E-state index in [-0.39, 0.29) is 0 Å². The van der Waals surface area contributed by atoms with Crippen LogP contribution in [0.2, 0.25) is 0 Å². The number of anilines is 2. The molecule has 0 radical (unpaired) electrons. The summed E-state index contributed by atoms with van der Waals surface area (Å²) < 4.78 is 55.0. The molecule has 1 heterocycles. The predicted octanol–water partition coefficient (Wildman–Crippen LogP) is 3.22. The van der Waals surface area contributed by atoms with Gasteiger partial charge in [0.05, 0.1) is 17.6 Å². The Morgan fingerprint density at radius 3 is 2.34 bits per heavy atom. The maximum absolute atomic E-state index is 12.7. The van der Waals surface area contributed by atoms with E-state index in [0.717, 1.165) is 21.6 Å².